The van der Waals surface area contributed by atoms with E-state index in [1.807, 2.05) is 0 Å². The lowest BCUT2D eigenvalue weighted by Gasteiger charge is -2.11. The van der Waals surface area contributed by atoms with E-state index < -0.39 is 11.9 Å². The van der Waals surface area contributed by atoms with Crippen molar-refractivity contribution >= 4 is 11.9 Å². The Labute approximate surface area is 95.0 Å². The van der Waals surface area contributed by atoms with Gasteiger partial charge in [-0.3, -0.25) is 0 Å². The zero-order chi connectivity index (χ0) is 12.0. The Balaban J connectivity index is 2.90. The predicted octanol–water partition coefficient (Wildman–Crippen LogP) is 2.59. The molecule has 16 heavy (non-hydrogen) atoms. The average Bonchev–Trinajstić information content (AvgIpc) is 2.24. The van der Waals surface area contributed by atoms with E-state index in [0.717, 1.165) is 38.5 Å². The monoisotopic (exact) mass is 226 g/mol. The Hall–Kier alpha value is -1.32. The number of rotatable bonds is 2. The van der Waals surface area contributed by atoms with Gasteiger partial charge in [-0.1, -0.05) is 25.7 Å². The lowest BCUT2D eigenvalue weighted by atomic mass is 9.94. The van der Waals surface area contributed by atoms with Crippen LogP contribution in [0, 0.1) is 0 Å². The predicted molar refractivity (Wildman–Crippen MR) is 59.2 cm³/mol. The number of hydrogen-bond acceptors (Lipinski definition) is 2. The normalized spacial score (nSPS) is 23.8. The smallest absolute Gasteiger partial charge is 0.332 e. The first-order valence-corrected chi connectivity index (χ1v) is 5.81. The molecule has 0 unspecified atom stereocenters. The van der Waals surface area contributed by atoms with Crippen LogP contribution in [0.5, 0.6) is 0 Å². The van der Waals surface area contributed by atoms with Crippen molar-refractivity contribution in [2.75, 3.05) is 0 Å². The molecule has 1 aliphatic carbocycles. The second-order valence-corrected chi connectivity index (χ2v) is 4.19. The molecule has 0 saturated carbocycles. The summed E-state index contributed by atoms with van der Waals surface area (Å²) in [5.41, 5.74) is 0.212. The summed E-state index contributed by atoms with van der Waals surface area (Å²) in [6.45, 7) is 0. The van der Waals surface area contributed by atoms with E-state index in [2.05, 4.69) is 0 Å². The maximum atomic E-state index is 11.0. The van der Waals surface area contributed by atoms with E-state index in [1.54, 1.807) is 0 Å². The molecule has 4 nitrogen and oxygen atoms in total. The second kappa shape index (κ2) is 6.30. The molecule has 0 heterocycles. The molecular weight excluding hydrogens is 208 g/mol. The zero-order valence-electron chi connectivity index (χ0n) is 9.37. The van der Waals surface area contributed by atoms with Gasteiger partial charge >= 0.3 is 11.9 Å². The third-order valence-corrected chi connectivity index (χ3v) is 2.98. The number of carbonyl (C=O) groups is 2. The molecule has 0 fully saturated rings. The van der Waals surface area contributed by atoms with E-state index in [1.165, 1.54) is 0 Å². The molecule has 4 heteroatoms. The van der Waals surface area contributed by atoms with Gasteiger partial charge in [0.2, 0.25) is 0 Å². The van der Waals surface area contributed by atoms with Gasteiger partial charge in [-0.25, -0.2) is 9.59 Å². The van der Waals surface area contributed by atoms with Crippen LogP contribution in [0.4, 0.5) is 0 Å². The molecule has 0 radical (unpaired) electrons. The highest BCUT2D eigenvalue weighted by atomic mass is 16.4. The lowest BCUT2D eigenvalue weighted by Crippen LogP contribution is -2.12. The van der Waals surface area contributed by atoms with Crippen LogP contribution in [0.25, 0.3) is 0 Å². The first-order chi connectivity index (χ1) is 7.63. The van der Waals surface area contributed by atoms with Crippen LogP contribution < -0.4 is 0 Å². The molecule has 0 amide bonds. The number of carboxylic acids is 2. The summed E-state index contributed by atoms with van der Waals surface area (Å²) in [6.07, 6.45) is 6.54. The Kier molecular flexibility index (Phi) is 5.02. The molecule has 0 atom stereocenters. The Bertz CT molecular complexity index is 274. The maximum Gasteiger partial charge on any atom is 0.332 e. The van der Waals surface area contributed by atoms with Crippen LogP contribution in [0.3, 0.4) is 0 Å². The molecule has 2 N–H and O–H groups in total. The lowest BCUT2D eigenvalue weighted by molar-refractivity contribution is -0.136. The summed E-state index contributed by atoms with van der Waals surface area (Å²) in [5, 5.41) is 18.0. The fourth-order valence-corrected chi connectivity index (χ4v) is 2.08. The van der Waals surface area contributed by atoms with Gasteiger partial charge in [0.15, 0.2) is 0 Å². The molecule has 0 aromatic carbocycles. The minimum atomic E-state index is -1.07. The highest BCUT2D eigenvalue weighted by Gasteiger charge is 2.19. The third kappa shape index (κ3) is 3.68. The molecule has 0 spiro atoms. The summed E-state index contributed by atoms with van der Waals surface area (Å²) in [5.74, 6) is -2.14. The van der Waals surface area contributed by atoms with Gasteiger partial charge in [-0.15, -0.1) is 0 Å². The highest BCUT2D eigenvalue weighted by molar-refractivity contribution is 5.98. The van der Waals surface area contributed by atoms with Gasteiger partial charge in [0, 0.05) is 11.1 Å². The Morgan fingerprint density at radius 3 is 1.31 bits per heavy atom. The van der Waals surface area contributed by atoms with E-state index in [-0.39, 0.29) is 11.1 Å². The third-order valence-electron chi connectivity index (χ3n) is 2.98. The van der Waals surface area contributed by atoms with Crippen molar-refractivity contribution in [3.63, 3.8) is 0 Å². The summed E-state index contributed by atoms with van der Waals surface area (Å²) >= 11 is 0. The molecular formula is C12H18O4. The molecule has 0 aromatic heterocycles. The van der Waals surface area contributed by atoms with Gasteiger partial charge in [0.25, 0.3) is 0 Å². The highest BCUT2D eigenvalue weighted by Crippen LogP contribution is 2.22. The van der Waals surface area contributed by atoms with Crippen molar-refractivity contribution in [1.82, 2.24) is 0 Å². The number of carboxylic acid groups (broad SMARTS) is 2. The van der Waals surface area contributed by atoms with Crippen LogP contribution >= 0.6 is 0 Å². The molecule has 90 valence electrons. The summed E-state index contributed by atoms with van der Waals surface area (Å²) in [4.78, 5) is 22.0. The number of aliphatic carboxylic acids is 2. The second-order valence-electron chi connectivity index (χ2n) is 4.19. The van der Waals surface area contributed by atoms with Crippen LogP contribution in [-0.4, -0.2) is 22.2 Å². The van der Waals surface area contributed by atoms with Gasteiger partial charge in [-0.05, 0) is 25.7 Å². The Morgan fingerprint density at radius 1 is 0.688 bits per heavy atom. The first kappa shape index (κ1) is 12.7. The molecule has 1 rings (SSSR count). The van der Waals surface area contributed by atoms with E-state index in [9.17, 15) is 9.59 Å². The van der Waals surface area contributed by atoms with Crippen LogP contribution in [-0.2, 0) is 9.59 Å². The van der Waals surface area contributed by atoms with Gasteiger partial charge in [0.05, 0.1) is 0 Å². The van der Waals surface area contributed by atoms with Gasteiger partial charge < -0.3 is 10.2 Å². The van der Waals surface area contributed by atoms with Crippen molar-refractivity contribution in [3.8, 4) is 0 Å². The summed E-state index contributed by atoms with van der Waals surface area (Å²) in [7, 11) is 0. The zero-order valence-corrected chi connectivity index (χ0v) is 9.37. The summed E-state index contributed by atoms with van der Waals surface area (Å²) in [6, 6.07) is 0. The first-order valence-electron chi connectivity index (χ1n) is 5.81. The van der Waals surface area contributed by atoms with E-state index in [4.69, 9.17) is 10.2 Å². The van der Waals surface area contributed by atoms with Crippen molar-refractivity contribution < 1.29 is 19.8 Å². The van der Waals surface area contributed by atoms with Crippen LogP contribution in [0.1, 0.15) is 51.4 Å². The molecule has 0 bridgehead atoms. The quantitative estimate of drug-likeness (QED) is 0.758. The Morgan fingerprint density at radius 2 is 1.00 bits per heavy atom. The van der Waals surface area contributed by atoms with Crippen LogP contribution in [0.2, 0.25) is 0 Å². The van der Waals surface area contributed by atoms with Crippen molar-refractivity contribution in [3.05, 3.63) is 11.1 Å². The SMILES string of the molecule is O=C(O)/C1=C(\C(=O)O)CCCCCCCC1. The standard InChI is InChI=1S/C12H18O4/c13-11(14)9-7-5-3-1-2-4-6-8-10(9)12(15)16/h1-8H2,(H,13,14)(H,15,16)/b10-9-. The van der Waals surface area contributed by atoms with E-state index >= 15 is 0 Å². The van der Waals surface area contributed by atoms with Crippen LogP contribution in [0.15, 0.2) is 11.1 Å². The van der Waals surface area contributed by atoms with Gasteiger partial charge in [0.1, 0.15) is 0 Å². The molecule has 1 aliphatic rings. The van der Waals surface area contributed by atoms with Crippen molar-refractivity contribution in [2.24, 2.45) is 0 Å². The number of hydrogen-bond donors (Lipinski definition) is 2. The maximum absolute atomic E-state index is 11.0. The minimum absolute atomic E-state index is 0.106. The fourth-order valence-electron chi connectivity index (χ4n) is 2.08. The largest absolute Gasteiger partial charge is 0.478 e. The topological polar surface area (TPSA) is 74.6 Å². The molecule has 0 aromatic rings. The molecule has 0 aliphatic heterocycles. The molecule has 0 saturated heterocycles. The van der Waals surface area contributed by atoms with Crippen molar-refractivity contribution in [2.45, 2.75) is 51.4 Å². The van der Waals surface area contributed by atoms with Gasteiger partial charge in [-0.2, -0.15) is 0 Å². The average molecular weight is 226 g/mol. The fraction of sp³-hybridized carbons (Fsp3) is 0.667. The van der Waals surface area contributed by atoms with E-state index in [0.29, 0.717) is 12.8 Å². The minimum Gasteiger partial charge on any atom is -0.478 e. The van der Waals surface area contributed by atoms with Crippen molar-refractivity contribution in [1.29, 1.82) is 0 Å². The summed E-state index contributed by atoms with van der Waals surface area (Å²) < 4.78 is 0.